The molecule has 0 unspecified atom stereocenters. The van der Waals surface area contributed by atoms with Crippen molar-refractivity contribution in [2.24, 2.45) is 4.99 Å². The molecule has 2 rings (SSSR count). The van der Waals surface area contributed by atoms with Gasteiger partial charge in [-0.05, 0) is 38.5 Å². The molecule has 2 aromatic rings. The monoisotopic (exact) mass is 490 g/mol. The van der Waals surface area contributed by atoms with Gasteiger partial charge in [-0.1, -0.05) is 6.07 Å². The van der Waals surface area contributed by atoms with Gasteiger partial charge in [0, 0.05) is 30.6 Å². The van der Waals surface area contributed by atoms with Crippen molar-refractivity contribution in [1.82, 2.24) is 15.6 Å². The molecule has 0 aliphatic heterocycles. The minimum Gasteiger partial charge on any atom is -0.504 e. The van der Waals surface area contributed by atoms with Crippen molar-refractivity contribution in [2.45, 2.75) is 33.7 Å². The molecule has 1 heterocycles. The van der Waals surface area contributed by atoms with Gasteiger partial charge in [-0.2, -0.15) is 0 Å². The number of ether oxygens (including phenoxy) is 1. The molecule has 144 valence electrons. The van der Waals surface area contributed by atoms with E-state index < -0.39 is 0 Å². The Morgan fingerprint density at radius 1 is 1.31 bits per heavy atom. The van der Waals surface area contributed by atoms with E-state index in [1.165, 1.54) is 4.88 Å². The van der Waals surface area contributed by atoms with Crippen LogP contribution >= 0.6 is 35.3 Å². The van der Waals surface area contributed by atoms with Crippen LogP contribution in [0.5, 0.6) is 11.5 Å². The van der Waals surface area contributed by atoms with Gasteiger partial charge in [0.1, 0.15) is 0 Å². The van der Waals surface area contributed by atoms with Gasteiger partial charge in [-0.25, -0.2) is 9.98 Å². The summed E-state index contributed by atoms with van der Waals surface area (Å²) in [5.41, 5.74) is 0.981. The Morgan fingerprint density at radius 3 is 2.77 bits per heavy atom. The summed E-state index contributed by atoms with van der Waals surface area (Å²) in [6, 6.07) is 5.31. The summed E-state index contributed by atoms with van der Waals surface area (Å²) in [7, 11) is 0. The molecule has 0 saturated carbocycles. The third-order valence-electron chi connectivity index (χ3n) is 3.39. The SMILES string of the molecule is CCNC(=NCc1ccc(O)c(OCC)c1)NCCc1ncc(C)s1.I. The van der Waals surface area contributed by atoms with Gasteiger partial charge in [0.2, 0.25) is 0 Å². The summed E-state index contributed by atoms with van der Waals surface area (Å²) in [5, 5.41) is 17.5. The Balaban J connectivity index is 0.00000338. The average molecular weight is 490 g/mol. The van der Waals surface area contributed by atoms with E-state index in [1.807, 2.05) is 32.2 Å². The third-order valence-corrected chi connectivity index (χ3v) is 4.36. The van der Waals surface area contributed by atoms with Gasteiger partial charge in [-0.15, -0.1) is 35.3 Å². The largest absolute Gasteiger partial charge is 0.504 e. The van der Waals surface area contributed by atoms with Crippen molar-refractivity contribution in [3.8, 4) is 11.5 Å². The first-order chi connectivity index (χ1) is 12.1. The fourth-order valence-electron chi connectivity index (χ4n) is 2.24. The minimum absolute atomic E-state index is 0. The van der Waals surface area contributed by atoms with Crippen LogP contribution in [0.2, 0.25) is 0 Å². The van der Waals surface area contributed by atoms with Gasteiger partial charge in [-0.3, -0.25) is 0 Å². The molecule has 0 saturated heterocycles. The van der Waals surface area contributed by atoms with Crippen LogP contribution < -0.4 is 15.4 Å². The number of nitrogens with one attached hydrogen (secondary N) is 2. The number of phenolic OH excluding ortho intramolecular Hbond substituents is 1. The van der Waals surface area contributed by atoms with Crippen molar-refractivity contribution >= 4 is 41.3 Å². The zero-order valence-electron chi connectivity index (χ0n) is 15.4. The smallest absolute Gasteiger partial charge is 0.191 e. The number of rotatable bonds is 8. The summed E-state index contributed by atoms with van der Waals surface area (Å²) in [5.74, 6) is 1.41. The number of aromatic hydroxyl groups is 1. The van der Waals surface area contributed by atoms with Crippen molar-refractivity contribution in [2.75, 3.05) is 19.7 Å². The number of aromatic nitrogens is 1. The van der Waals surface area contributed by atoms with Crippen LogP contribution in [0.25, 0.3) is 0 Å². The number of guanidine groups is 1. The lowest BCUT2D eigenvalue weighted by atomic mass is 10.2. The first-order valence-electron chi connectivity index (χ1n) is 8.50. The van der Waals surface area contributed by atoms with Crippen LogP contribution in [0.4, 0.5) is 0 Å². The molecule has 1 aromatic heterocycles. The number of benzene rings is 1. The van der Waals surface area contributed by atoms with Gasteiger partial charge < -0.3 is 20.5 Å². The molecule has 0 radical (unpaired) electrons. The van der Waals surface area contributed by atoms with Gasteiger partial charge in [0.25, 0.3) is 0 Å². The Hall–Kier alpha value is -1.55. The maximum atomic E-state index is 9.76. The van der Waals surface area contributed by atoms with E-state index in [0.717, 1.165) is 36.0 Å². The number of nitrogens with zero attached hydrogens (tertiary/aromatic N) is 2. The summed E-state index contributed by atoms with van der Waals surface area (Å²) in [4.78, 5) is 10.2. The molecule has 0 atom stereocenters. The lowest BCUT2D eigenvalue weighted by molar-refractivity contribution is 0.318. The Bertz CT molecular complexity index is 706. The maximum absolute atomic E-state index is 9.76. The second-order valence-corrected chi connectivity index (χ2v) is 6.79. The first kappa shape index (κ1) is 22.5. The van der Waals surface area contributed by atoms with Crippen LogP contribution in [-0.2, 0) is 13.0 Å². The van der Waals surface area contributed by atoms with Crippen LogP contribution in [-0.4, -0.2) is 35.7 Å². The lowest BCUT2D eigenvalue weighted by Gasteiger charge is -2.11. The fraction of sp³-hybridized carbons (Fsp3) is 0.444. The van der Waals surface area contributed by atoms with Crippen molar-refractivity contribution < 1.29 is 9.84 Å². The molecule has 3 N–H and O–H groups in total. The van der Waals surface area contributed by atoms with Crippen molar-refractivity contribution in [3.63, 3.8) is 0 Å². The maximum Gasteiger partial charge on any atom is 0.191 e. The quantitative estimate of drug-likeness (QED) is 0.300. The van der Waals surface area contributed by atoms with Gasteiger partial charge in [0.15, 0.2) is 17.5 Å². The highest BCUT2D eigenvalue weighted by atomic mass is 127. The molecule has 0 spiro atoms. The molecule has 1 aromatic carbocycles. The highest BCUT2D eigenvalue weighted by Gasteiger charge is 2.04. The normalized spacial score (nSPS) is 11.0. The van der Waals surface area contributed by atoms with E-state index in [-0.39, 0.29) is 29.7 Å². The third kappa shape index (κ3) is 7.36. The Morgan fingerprint density at radius 2 is 2.12 bits per heavy atom. The fourth-order valence-corrected chi connectivity index (χ4v) is 3.03. The number of thiazole rings is 1. The van der Waals surface area contributed by atoms with Crippen LogP contribution in [0.3, 0.4) is 0 Å². The molecular formula is C18H27IN4O2S. The molecule has 6 nitrogen and oxygen atoms in total. The van der Waals surface area contributed by atoms with E-state index in [9.17, 15) is 5.11 Å². The van der Waals surface area contributed by atoms with Gasteiger partial charge in [0.05, 0.1) is 18.2 Å². The molecule has 0 bridgehead atoms. The number of halogens is 1. The molecule has 8 heteroatoms. The second kappa shape index (κ2) is 11.9. The molecule has 0 aliphatic carbocycles. The summed E-state index contributed by atoms with van der Waals surface area (Å²) in [6.07, 6.45) is 2.77. The molecule has 26 heavy (non-hydrogen) atoms. The molecule has 0 aliphatic rings. The predicted octanol–water partition coefficient (Wildman–Crippen LogP) is 3.47. The summed E-state index contributed by atoms with van der Waals surface area (Å²) < 4.78 is 5.41. The number of phenols is 1. The molecular weight excluding hydrogens is 463 g/mol. The number of aryl methyl sites for hydroxylation is 1. The lowest BCUT2D eigenvalue weighted by Crippen LogP contribution is -2.38. The topological polar surface area (TPSA) is 78.8 Å². The van der Waals surface area contributed by atoms with E-state index >= 15 is 0 Å². The standard InChI is InChI=1S/C18H26N4O2S.HI/c1-4-19-18(20-9-8-17-21-11-13(3)25-17)22-12-14-6-7-15(23)16(10-14)24-5-2;/h6-7,10-11,23H,4-5,8-9,12H2,1-3H3,(H2,19,20,22);1H. The average Bonchev–Trinajstić information content (AvgIpc) is 3.01. The zero-order chi connectivity index (χ0) is 18.1. The van der Waals surface area contributed by atoms with E-state index in [0.29, 0.717) is 18.9 Å². The Kier molecular flexibility index (Phi) is 10.3. The highest BCUT2D eigenvalue weighted by Crippen LogP contribution is 2.27. The van der Waals surface area contributed by atoms with E-state index in [2.05, 4.69) is 27.5 Å². The van der Waals surface area contributed by atoms with E-state index in [1.54, 1.807) is 17.4 Å². The minimum atomic E-state index is 0. The number of hydrogen-bond donors (Lipinski definition) is 3. The summed E-state index contributed by atoms with van der Waals surface area (Å²) in [6.45, 7) is 8.58. The number of hydrogen-bond acceptors (Lipinski definition) is 5. The zero-order valence-corrected chi connectivity index (χ0v) is 18.6. The highest BCUT2D eigenvalue weighted by molar-refractivity contribution is 14.0. The Labute approximate surface area is 176 Å². The second-order valence-electron chi connectivity index (χ2n) is 5.47. The van der Waals surface area contributed by atoms with Crippen LogP contribution in [0.15, 0.2) is 29.4 Å². The van der Waals surface area contributed by atoms with Crippen LogP contribution in [0, 0.1) is 6.92 Å². The van der Waals surface area contributed by atoms with Gasteiger partial charge >= 0.3 is 0 Å². The molecule has 0 amide bonds. The summed E-state index contributed by atoms with van der Waals surface area (Å²) >= 11 is 1.72. The van der Waals surface area contributed by atoms with Crippen molar-refractivity contribution in [3.05, 3.63) is 39.8 Å². The molecule has 0 fully saturated rings. The predicted molar refractivity (Wildman–Crippen MR) is 118 cm³/mol. The van der Waals surface area contributed by atoms with Crippen molar-refractivity contribution in [1.29, 1.82) is 0 Å². The first-order valence-corrected chi connectivity index (χ1v) is 9.32. The van der Waals surface area contributed by atoms with E-state index in [4.69, 9.17) is 4.74 Å². The van der Waals surface area contributed by atoms with Crippen LogP contribution in [0.1, 0.15) is 29.3 Å². The number of aliphatic imine (C=N–C) groups is 1.